The third-order valence-electron chi connectivity index (χ3n) is 6.64. The molecule has 4 aromatic rings. The number of primary amides is 1. The Morgan fingerprint density at radius 1 is 0.756 bits per heavy atom. The van der Waals surface area contributed by atoms with Gasteiger partial charge in [0.15, 0.2) is 0 Å². The van der Waals surface area contributed by atoms with Crippen molar-refractivity contribution < 1.29 is 29.1 Å². The molecule has 13 heteroatoms. The van der Waals surface area contributed by atoms with Crippen LogP contribution >= 0.6 is 0 Å². The van der Waals surface area contributed by atoms with Gasteiger partial charge in [0.2, 0.25) is 23.6 Å². The number of carboxylic acid groups (broad SMARTS) is 1. The lowest BCUT2D eigenvalue weighted by molar-refractivity contribution is -0.138. The van der Waals surface area contributed by atoms with E-state index in [1.807, 2.05) is 48.5 Å². The van der Waals surface area contributed by atoms with Crippen LogP contribution in [0.3, 0.4) is 0 Å². The Kier molecular flexibility index (Phi) is 8.99. The highest BCUT2D eigenvalue weighted by molar-refractivity contribution is 5.96. The van der Waals surface area contributed by atoms with E-state index in [4.69, 9.17) is 16.6 Å². The molecule has 2 heterocycles. The van der Waals surface area contributed by atoms with Crippen LogP contribution in [0.4, 0.5) is 0 Å². The molecular formula is C28H31N7O6. The molecule has 4 rings (SSSR count). The van der Waals surface area contributed by atoms with Gasteiger partial charge in [0.25, 0.3) is 0 Å². The highest BCUT2D eigenvalue weighted by atomic mass is 16.4. The Morgan fingerprint density at radius 3 is 1.85 bits per heavy atom. The van der Waals surface area contributed by atoms with Crippen molar-refractivity contribution in [2.45, 2.75) is 37.4 Å². The molecule has 3 atom stereocenters. The quantitative estimate of drug-likeness (QED) is 0.110. The molecule has 0 saturated carbocycles. The number of nitrogens with two attached hydrogens (primary N) is 2. The van der Waals surface area contributed by atoms with E-state index in [1.165, 1.54) is 0 Å². The summed E-state index contributed by atoms with van der Waals surface area (Å²) in [7, 11) is 0. The largest absolute Gasteiger partial charge is 0.480 e. The van der Waals surface area contributed by atoms with Crippen molar-refractivity contribution in [1.29, 1.82) is 0 Å². The number of para-hydroxylation sites is 2. The summed E-state index contributed by atoms with van der Waals surface area (Å²) >= 11 is 0. The van der Waals surface area contributed by atoms with E-state index < -0.39 is 60.7 Å². The fraction of sp³-hybridized carbons (Fsp3) is 0.250. The second-order valence-corrected chi connectivity index (χ2v) is 9.64. The van der Waals surface area contributed by atoms with Gasteiger partial charge in [-0.05, 0) is 29.7 Å². The minimum absolute atomic E-state index is 0.00147. The van der Waals surface area contributed by atoms with Gasteiger partial charge in [0.1, 0.15) is 18.6 Å². The number of carbonyl (C=O) groups is 5. The molecule has 0 aliphatic carbocycles. The maximum Gasteiger partial charge on any atom is 0.322 e. The Balaban J connectivity index is 1.49. The second-order valence-electron chi connectivity index (χ2n) is 9.64. The number of fused-ring (bicyclic) bond motifs is 2. The molecule has 0 radical (unpaired) electrons. The molecule has 2 aromatic carbocycles. The maximum absolute atomic E-state index is 13.3. The van der Waals surface area contributed by atoms with Crippen LogP contribution in [0.25, 0.3) is 21.8 Å². The fourth-order valence-electron chi connectivity index (χ4n) is 4.61. The van der Waals surface area contributed by atoms with Gasteiger partial charge in [-0.3, -0.25) is 24.0 Å². The zero-order valence-corrected chi connectivity index (χ0v) is 22.0. The topological polar surface area (TPSA) is 225 Å². The molecule has 0 saturated heterocycles. The first-order chi connectivity index (χ1) is 19.6. The van der Waals surface area contributed by atoms with Crippen molar-refractivity contribution in [1.82, 2.24) is 25.9 Å². The number of nitrogens with one attached hydrogen (secondary N) is 5. The van der Waals surface area contributed by atoms with Gasteiger partial charge in [0, 0.05) is 40.6 Å². The van der Waals surface area contributed by atoms with Crippen LogP contribution in [0, 0.1) is 0 Å². The van der Waals surface area contributed by atoms with Gasteiger partial charge in [-0.1, -0.05) is 36.4 Å². The number of aliphatic carboxylic acids is 1. The Labute approximate surface area is 234 Å². The number of amides is 4. The zero-order valence-electron chi connectivity index (χ0n) is 22.0. The van der Waals surface area contributed by atoms with Crippen LogP contribution < -0.4 is 27.4 Å². The summed E-state index contributed by atoms with van der Waals surface area (Å²) in [6, 6.07) is 11.1. The van der Waals surface area contributed by atoms with E-state index in [-0.39, 0.29) is 12.8 Å². The van der Waals surface area contributed by atoms with Crippen molar-refractivity contribution >= 4 is 51.4 Å². The van der Waals surface area contributed by atoms with E-state index in [2.05, 4.69) is 25.9 Å². The number of hydrogen-bond acceptors (Lipinski definition) is 6. The van der Waals surface area contributed by atoms with Crippen LogP contribution in [0.15, 0.2) is 60.9 Å². The van der Waals surface area contributed by atoms with Crippen LogP contribution in [-0.4, -0.2) is 69.3 Å². The van der Waals surface area contributed by atoms with Crippen molar-refractivity contribution in [3.63, 3.8) is 0 Å². The highest BCUT2D eigenvalue weighted by Gasteiger charge is 2.30. The van der Waals surface area contributed by atoms with Gasteiger partial charge in [-0.2, -0.15) is 0 Å². The summed E-state index contributed by atoms with van der Waals surface area (Å²) in [5.41, 5.74) is 14.7. The summed E-state index contributed by atoms with van der Waals surface area (Å²) in [5, 5.41) is 18.0. The minimum Gasteiger partial charge on any atom is -0.480 e. The van der Waals surface area contributed by atoms with Gasteiger partial charge < -0.3 is 42.5 Å². The third-order valence-corrected chi connectivity index (χ3v) is 6.64. The smallest absolute Gasteiger partial charge is 0.322 e. The number of H-pyrrole nitrogens is 2. The SMILES string of the molecule is NC(=O)CC(NC(=O)C(N)Cc1c[nH]c2ccccc12)C(=O)NC(Cc1c[nH]c2ccccc12)C(=O)NCC(=O)O. The van der Waals surface area contributed by atoms with Crippen LogP contribution in [0.5, 0.6) is 0 Å². The van der Waals surface area contributed by atoms with E-state index in [9.17, 15) is 24.0 Å². The monoisotopic (exact) mass is 561 g/mol. The predicted molar refractivity (Wildman–Crippen MR) is 150 cm³/mol. The summed E-state index contributed by atoms with van der Waals surface area (Å²) < 4.78 is 0. The van der Waals surface area contributed by atoms with Crippen molar-refractivity contribution in [2.75, 3.05) is 6.54 Å². The van der Waals surface area contributed by atoms with E-state index in [0.717, 1.165) is 27.4 Å². The molecule has 13 nitrogen and oxygen atoms in total. The molecule has 0 fully saturated rings. The summed E-state index contributed by atoms with van der Waals surface area (Å²) in [6.45, 7) is -0.663. The first kappa shape index (κ1) is 28.8. The van der Waals surface area contributed by atoms with Gasteiger partial charge in [-0.15, -0.1) is 0 Å². The molecule has 41 heavy (non-hydrogen) atoms. The van der Waals surface area contributed by atoms with E-state index >= 15 is 0 Å². The summed E-state index contributed by atoms with van der Waals surface area (Å²) in [6.07, 6.45) is 3.03. The molecule has 10 N–H and O–H groups in total. The molecule has 0 spiro atoms. The fourth-order valence-corrected chi connectivity index (χ4v) is 4.61. The zero-order chi connectivity index (χ0) is 29.5. The van der Waals surface area contributed by atoms with Crippen LogP contribution in [-0.2, 0) is 36.8 Å². The second kappa shape index (κ2) is 12.8. The number of carboxylic acids is 1. The Bertz CT molecular complexity index is 1590. The Morgan fingerprint density at radius 2 is 1.29 bits per heavy atom. The first-order valence-corrected chi connectivity index (χ1v) is 12.9. The number of benzene rings is 2. The number of aromatic nitrogens is 2. The third kappa shape index (κ3) is 7.28. The van der Waals surface area contributed by atoms with E-state index in [0.29, 0.717) is 5.56 Å². The average molecular weight is 562 g/mol. The first-order valence-electron chi connectivity index (χ1n) is 12.9. The molecule has 3 unspecified atom stereocenters. The Hall–Kier alpha value is -5.17. The van der Waals surface area contributed by atoms with E-state index in [1.54, 1.807) is 12.4 Å². The maximum atomic E-state index is 13.3. The van der Waals surface area contributed by atoms with Gasteiger partial charge in [-0.25, -0.2) is 0 Å². The number of hydrogen-bond donors (Lipinski definition) is 8. The molecular weight excluding hydrogens is 530 g/mol. The van der Waals surface area contributed by atoms with Crippen LogP contribution in [0.1, 0.15) is 17.5 Å². The van der Waals surface area contributed by atoms with Crippen molar-refractivity contribution in [3.8, 4) is 0 Å². The summed E-state index contributed by atoms with van der Waals surface area (Å²) in [5.74, 6) is -4.43. The lowest BCUT2D eigenvalue weighted by atomic mass is 10.0. The molecule has 0 aliphatic heterocycles. The normalized spacial score (nSPS) is 13.3. The van der Waals surface area contributed by atoms with Gasteiger partial charge in [0.05, 0.1) is 12.5 Å². The molecule has 4 amide bonds. The van der Waals surface area contributed by atoms with Crippen molar-refractivity contribution in [3.05, 3.63) is 72.1 Å². The minimum atomic E-state index is -1.42. The van der Waals surface area contributed by atoms with Crippen LogP contribution in [0.2, 0.25) is 0 Å². The average Bonchev–Trinajstić information content (AvgIpc) is 3.54. The van der Waals surface area contributed by atoms with Gasteiger partial charge >= 0.3 is 5.97 Å². The summed E-state index contributed by atoms with van der Waals surface area (Å²) in [4.78, 5) is 68.2. The molecule has 214 valence electrons. The predicted octanol–water partition coefficient (Wildman–Crippen LogP) is -0.192. The molecule has 0 bridgehead atoms. The van der Waals surface area contributed by atoms with Crippen molar-refractivity contribution in [2.24, 2.45) is 11.5 Å². The standard InChI is InChI=1S/C28H31N7O6/c29-19(9-15-12-31-20-7-3-1-5-17(15)20)26(39)34-23(11-24(30)36)28(41)35-22(27(40)33-14-25(37)38)10-16-13-32-21-8-4-2-6-18(16)21/h1-8,12-13,19,22-23,31-32H,9-11,14,29H2,(H2,30,36)(H,33,40)(H,34,39)(H,35,41)(H,37,38). The molecule has 2 aromatic heterocycles. The highest BCUT2D eigenvalue weighted by Crippen LogP contribution is 2.20. The number of aromatic amines is 2. The lowest BCUT2D eigenvalue weighted by Gasteiger charge is -2.23. The lowest BCUT2D eigenvalue weighted by Crippen LogP contribution is -2.57. The number of carbonyl (C=O) groups excluding carboxylic acids is 4. The molecule has 0 aliphatic rings. The number of rotatable bonds is 13.